The molecule has 0 aliphatic heterocycles. The third kappa shape index (κ3) is 2.66. The molecule has 0 bridgehead atoms. The Morgan fingerprint density at radius 1 is 0.893 bits per heavy atom. The SMILES string of the molecule is C=Cc1nc2ccccc2c(NC2=C(Cl)C(=O)c3ccccc3C2=O)c1C=C. The summed E-state index contributed by atoms with van der Waals surface area (Å²) in [5, 5.41) is 3.75. The number of halogens is 1. The standard InChI is InChI=1S/C23H15ClN2O2/c1-3-13-17(4-2)25-18-12-8-7-11-16(18)20(13)26-21-19(24)22(27)14-9-5-6-10-15(14)23(21)28/h3-12H,1-2H2,(H,25,26). The molecule has 28 heavy (non-hydrogen) atoms. The zero-order valence-corrected chi connectivity index (χ0v) is 15.6. The summed E-state index contributed by atoms with van der Waals surface area (Å²) in [5.74, 6) is -0.724. The summed E-state index contributed by atoms with van der Waals surface area (Å²) in [6.45, 7) is 7.67. The second-order valence-corrected chi connectivity index (χ2v) is 6.61. The monoisotopic (exact) mass is 386 g/mol. The predicted octanol–water partition coefficient (Wildman–Crippen LogP) is 5.46. The molecule has 1 aliphatic rings. The number of rotatable bonds is 4. The largest absolute Gasteiger partial charge is 0.350 e. The van der Waals surface area contributed by atoms with Crippen LogP contribution < -0.4 is 5.32 Å². The van der Waals surface area contributed by atoms with Crippen molar-refractivity contribution < 1.29 is 9.59 Å². The lowest BCUT2D eigenvalue weighted by molar-refractivity contribution is 0.0982. The number of aromatic nitrogens is 1. The van der Waals surface area contributed by atoms with E-state index in [-0.39, 0.29) is 22.3 Å². The third-order valence-corrected chi connectivity index (χ3v) is 5.03. The molecule has 1 aliphatic carbocycles. The number of para-hydroxylation sites is 1. The Kier molecular flexibility index (Phi) is 4.41. The van der Waals surface area contributed by atoms with Gasteiger partial charge < -0.3 is 5.32 Å². The molecule has 5 heteroatoms. The predicted molar refractivity (Wildman–Crippen MR) is 114 cm³/mol. The van der Waals surface area contributed by atoms with E-state index in [0.717, 1.165) is 10.9 Å². The van der Waals surface area contributed by atoms with Gasteiger partial charge in [-0.05, 0) is 12.1 Å². The first-order valence-corrected chi connectivity index (χ1v) is 8.97. The number of carbonyl (C=O) groups is 2. The van der Waals surface area contributed by atoms with Gasteiger partial charge in [-0.2, -0.15) is 0 Å². The van der Waals surface area contributed by atoms with E-state index in [1.54, 1.807) is 36.4 Å². The molecule has 0 radical (unpaired) electrons. The van der Waals surface area contributed by atoms with Crippen LogP contribution in [0.5, 0.6) is 0 Å². The highest BCUT2D eigenvalue weighted by atomic mass is 35.5. The van der Waals surface area contributed by atoms with Crippen molar-refractivity contribution in [1.29, 1.82) is 0 Å². The van der Waals surface area contributed by atoms with Gasteiger partial charge in [0.15, 0.2) is 0 Å². The molecule has 0 saturated carbocycles. The summed E-state index contributed by atoms with van der Waals surface area (Å²) in [6, 6.07) is 14.1. The molecule has 4 nitrogen and oxygen atoms in total. The highest BCUT2D eigenvalue weighted by Gasteiger charge is 2.32. The number of anilines is 1. The number of nitrogens with zero attached hydrogens (tertiary/aromatic N) is 1. The Labute approximate surface area is 166 Å². The molecule has 0 unspecified atom stereocenters. The van der Waals surface area contributed by atoms with Crippen molar-refractivity contribution in [2.24, 2.45) is 0 Å². The number of pyridine rings is 1. The normalized spacial score (nSPS) is 13.5. The van der Waals surface area contributed by atoms with E-state index in [4.69, 9.17) is 11.6 Å². The van der Waals surface area contributed by atoms with Crippen LogP contribution in [0.4, 0.5) is 5.69 Å². The minimum Gasteiger partial charge on any atom is -0.350 e. The molecule has 3 aromatic rings. The number of allylic oxidation sites excluding steroid dienone is 2. The maximum Gasteiger partial charge on any atom is 0.211 e. The van der Waals surface area contributed by atoms with Crippen LogP contribution in [0.3, 0.4) is 0 Å². The second-order valence-electron chi connectivity index (χ2n) is 6.23. The van der Waals surface area contributed by atoms with E-state index in [2.05, 4.69) is 23.5 Å². The van der Waals surface area contributed by atoms with Crippen LogP contribution in [0.25, 0.3) is 23.1 Å². The molecule has 0 amide bonds. The van der Waals surface area contributed by atoms with Crippen molar-refractivity contribution >= 4 is 51.9 Å². The van der Waals surface area contributed by atoms with Gasteiger partial charge in [-0.1, -0.05) is 73.3 Å². The van der Waals surface area contributed by atoms with Crippen molar-refractivity contribution in [3.63, 3.8) is 0 Å². The Morgan fingerprint density at radius 3 is 2.21 bits per heavy atom. The lowest BCUT2D eigenvalue weighted by atomic mass is 9.92. The number of benzene rings is 2. The first kappa shape index (κ1) is 17.9. The number of hydrogen-bond donors (Lipinski definition) is 1. The van der Waals surface area contributed by atoms with E-state index in [1.807, 2.05) is 24.3 Å². The Balaban J connectivity index is 1.95. The van der Waals surface area contributed by atoms with Gasteiger partial charge >= 0.3 is 0 Å². The second kappa shape index (κ2) is 6.91. The topological polar surface area (TPSA) is 59.1 Å². The van der Waals surface area contributed by atoms with Crippen molar-refractivity contribution in [3.05, 3.63) is 94.8 Å². The van der Waals surface area contributed by atoms with Crippen LogP contribution in [0.2, 0.25) is 0 Å². The van der Waals surface area contributed by atoms with Gasteiger partial charge in [0.25, 0.3) is 0 Å². The molecule has 1 N–H and O–H groups in total. The van der Waals surface area contributed by atoms with Crippen LogP contribution in [0, 0.1) is 0 Å². The zero-order valence-electron chi connectivity index (χ0n) is 14.8. The number of ketones is 2. The molecule has 2 aromatic carbocycles. The number of fused-ring (bicyclic) bond motifs is 2. The summed E-state index contributed by atoms with van der Waals surface area (Å²) >= 11 is 6.31. The Hall–Kier alpha value is -3.50. The van der Waals surface area contributed by atoms with Gasteiger partial charge in [-0.3, -0.25) is 9.59 Å². The number of hydrogen-bond acceptors (Lipinski definition) is 4. The van der Waals surface area contributed by atoms with Crippen molar-refractivity contribution in [2.45, 2.75) is 0 Å². The minimum atomic E-state index is -0.387. The fraction of sp³-hybridized carbons (Fsp3) is 0. The molecular formula is C23H15ClN2O2. The van der Waals surface area contributed by atoms with Gasteiger partial charge in [0.05, 0.1) is 16.9 Å². The highest BCUT2D eigenvalue weighted by molar-refractivity contribution is 6.50. The molecule has 4 rings (SSSR count). The molecular weight excluding hydrogens is 372 g/mol. The average Bonchev–Trinajstić information content (AvgIpc) is 2.74. The number of carbonyl (C=O) groups excluding carboxylic acids is 2. The molecule has 0 spiro atoms. The van der Waals surface area contributed by atoms with E-state index >= 15 is 0 Å². The quantitative estimate of drug-likeness (QED) is 0.646. The van der Waals surface area contributed by atoms with Crippen LogP contribution in [-0.2, 0) is 0 Å². The zero-order chi connectivity index (χ0) is 19.8. The van der Waals surface area contributed by atoms with Crippen molar-refractivity contribution in [2.75, 3.05) is 5.32 Å². The molecule has 136 valence electrons. The van der Waals surface area contributed by atoms with E-state index < -0.39 is 0 Å². The van der Waals surface area contributed by atoms with Gasteiger partial charge in [0.2, 0.25) is 11.6 Å². The lowest BCUT2D eigenvalue weighted by Gasteiger charge is -2.21. The first-order valence-electron chi connectivity index (χ1n) is 8.59. The Bertz CT molecular complexity index is 1220. The summed E-state index contributed by atoms with van der Waals surface area (Å²) in [4.78, 5) is 30.3. The lowest BCUT2D eigenvalue weighted by Crippen LogP contribution is -2.24. The van der Waals surface area contributed by atoms with Crippen molar-refractivity contribution in [1.82, 2.24) is 4.98 Å². The fourth-order valence-electron chi connectivity index (χ4n) is 3.32. The maximum absolute atomic E-state index is 13.0. The maximum atomic E-state index is 13.0. The summed E-state index contributed by atoms with van der Waals surface area (Å²) < 4.78 is 0. The van der Waals surface area contributed by atoms with Gasteiger partial charge in [0, 0.05) is 22.1 Å². The van der Waals surface area contributed by atoms with Gasteiger partial charge in [0.1, 0.15) is 10.7 Å². The van der Waals surface area contributed by atoms with E-state index in [0.29, 0.717) is 28.1 Å². The Morgan fingerprint density at radius 2 is 1.54 bits per heavy atom. The highest BCUT2D eigenvalue weighted by Crippen LogP contribution is 2.35. The van der Waals surface area contributed by atoms with Crippen molar-refractivity contribution in [3.8, 4) is 0 Å². The minimum absolute atomic E-state index is 0.0415. The number of nitrogens with one attached hydrogen (secondary N) is 1. The van der Waals surface area contributed by atoms with E-state index in [1.165, 1.54) is 0 Å². The summed E-state index contributed by atoms with van der Waals surface area (Å²) in [5.41, 5.74) is 3.27. The molecule has 1 heterocycles. The van der Waals surface area contributed by atoms with Crippen LogP contribution >= 0.6 is 11.6 Å². The molecule has 0 saturated heterocycles. The fourth-order valence-corrected chi connectivity index (χ4v) is 3.56. The summed E-state index contributed by atoms with van der Waals surface area (Å²) in [7, 11) is 0. The average molecular weight is 387 g/mol. The van der Waals surface area contributed by atoms with E-state index in [9.17, 15) is 9.59 Å². The van der Waals surface area contributed by atoms with Gasteiger partial charge in [-0.25, -0.2) is 4.98 Å². The smallest absolute Gasteiger partial charge is 0.211 e. The molecule has 0 fully saturated rings. The van der Waals surface area contributed by atoms with Crippen LogP contribution in [-0.4, -0.2) is 16.6 Å². The van der Waals surface area contributed by atoms with Gasteiger partial charge in [-0.15, -0.1) is 0 Å². The number of Topliss-reactive ketones (excluding diaryl/α,β-unsaturated/α-hetero) is 2. The molecule has 1 aromatic heterocycles. The first-order chi connectivity index (χ1) is 13.6. The third-order valence-electron chi connectivity index (χ3n) is 4.67. The summed E-state index contributed by atoms with van der Waals surface area (Å²) in [6.07, 6.45) is 3.25. The van der Waals surface area contributed by atoms with Crippen LogP contribution in [0.15, 0.2) is 72.4 Å². The molecule has 0 atom stereocenters. The van der Waals surface area contributed by atoms with Crippen LogP contribution in [0.1, 0.15) is 32.0 Å².